The van der Waals surface area contributed by atoms with Gasteiger partial charge in [0.25, 0.3) is 0 Å². The smallest absolute Gasteiger partial charge is 0.344 e. The first-order chi connectivity index (χ1) is 13.9. The SMILES string of the molecule is COC(=O)C1=C(O)/C(=C\c2cc(OC)cc(OC)c2)SC1=Nc1ccc(F)cc1. The van der Waals surface area contributed by atoms with Crippen LogP contribution in [0.5, 0.6) is 11.5 Å². The highest BCUT2D eigenvalue weighted by Gasteiger charge is 2.33. The number of carbonyl (C=O) groups is 1. The van der Waals surface area contributed by atoms with Crippen LogP contribution in [0, 0.1) is 5.82 Å². The molecule has 0 spiro atoms. The molecule has 0 atom stereocenters. The highest BCUT2D eigenvalue weighted by molar-refractivity contribution is 8.18. The van der Waals surface area contributed by atoms with Gasteiger partial charge in [0.15, 0.2) is 0 Å². The van der Waals surface area contributed by atoms with E-state index in [9.17, 15) is 14.3 Å². The van der Waals surface area contributed by atoms with Crippen LogP contribution >= 0.6 is 11.8 Å². The second-order valence-electron chi connectivity index (χ2n) is 5.87. The average molecular weight is 415 g/mol. The molecule has 1 aliphatic heterocycles. The van der Waals surface area contributed by atoms with Gasteiger partial charge in [-0.1, -0.05) is 11.8 Å². The molecular weight excluding hydrogens is 397 g/mol. The van der Waals surface area contributed by atoms with Gasteiger partial charge in [0.05, 0.1) is 31.9 Å². The van der Waals surface area contributed by atoms with E-state index in [1.54, 1.807) is 24.3 Å². The zero-order valence-electron chi connectivity index (χ0n) is 15.9. The Balaban J connectivity index is 2.05. The summed E-state index contributed by atoms with van der Waals surface area (Å²) in [6.07, 6.45) is 1.68. The summed E-state index contributed by atoms with van der Waals surface area (Å²) >= 11 is 1.10. The first kappa shape index (κ1) is 20.5. The van der Waals surface area contributed by atoms with Gasteiger partial charge in [-0.25, -0.2) is 14.2 Å². The summed E-state index contributed by atoms with van der Waals surface area (Å²) in [5.74, 6) is -0.203. The molecule has 6 nitrogen and oxygen atoms in total. The van der Waals surface area contributed by atoms with Crippen molar-refractivity contribution in [2.24, 2.45) is 4.99 Å². The minimum absolute atomic E-state index is 0.0528. The van der Waals surface area contributed by atoms with E-state index >= 15 is 0 Å². The molecule has 150 valence electrons. The van der Waals surface area contributed by atoms with Crippen LogP contribution in [0.25, 0.3) is 6.08 Å². The van der Waals surface area contributed by atoms with Crippen molar-refractivity contribution in [3.63, 3.8) is 0 Å². The molecule has 1 heterocycles. The molecular formula is C21H18FNO5S. The van der Waals surface area contributed by atoms with E-state index in [2.05, 4.69) is 4.99 Å². The number of benzene rings is 2. The molecule has 2 aromatic rings. The highest BCUT2D eigenvalue weighted by Crippen LogP contribution is 2.40. The first-order valence-electron chi connectivity index (χ1n) is 8.44. The number of halogens is 1. The van der Waals surface area contributed by atoms with Crippen LogP contribution in [0.2, 0.25) is 0 Å². The number of rotatable bonds is 5. The number of aliphatic hydroxyl groups is 1. The molecule has 0 saturated carbocycles. The molecule has 8 heteroatoms. The Bertz CT molecular complexity index is 1010. The lowest BCUT2D eigenvalue weighted by molar-refractivity contribution is -0.135. The number of aliphatic hydroxyl groups excluding tert-OH is 1. The fourth-order valence-electron chi connectivity index (χ4n) is 2.59. The van der Waals surface area contributed by atoms with E-state index < -0.39 is 11.8 Å². The van der Waals surface area contributed by atoms with Crippen molar-refractivity contribution in [3.8, 4) is 11.5 Å². The topological polar surface area (TPSA) is 77.4 Å². The van der Waals surface area contributed by atoms with E-state index in [4.69, 9.17) is 14.2 Å². The Labute approximate surface area is 171 Å². The number of carbonyl (C=O) groups excluding carboxylic acids is 1. The lowest BCUT2D eigenvalue weighted by Gasteiger charge is -2.06. The summed E-state index contributed by atoms with van der Waals surface area (Å²) in [5, 5.41) is 10.9. The van der Waals surface area contributed by atoms with Gasteiger partial charge in [-0.05, 0) is 48.0 Å². The van der Waals surface area contributed by atoms with Crippen molar-refractivity contribution in [3.05, 3.63) is 70.1 Å². The maximum Gasteiger partial charge on any atom is 0.344 e. The van der Waals surface area contributed by atoms with Gasteiger partial charge in [-0.2, -0.15) is 0 Å². The molecule has 0 bridgehead atoms. The Morgan fingerprint density at radius 2 is 1.69 bits per heavy atom. The van der Waals surface area contributed by atoms with E-state index in [1.165, 1.54) is 45.6 Å². The van der Waals surface area contributed by atoms with Gasteiger partial charge in [0, 0.05) is 6.07 Å². The second kappa shape index (κ2) is 8.83. The van der Waals surface area contributed by atoms with E-state index in [0.717, 1.165) is 11.8 Å². The van der Waals surface area contributed by atoms with Crippen LogP contribution in [0.15, 0.2) is 63.7 Å². The third kappa shape index (κ3) is 4.60. The third-order valence-electron chi connectivity index (χ3n) is 4.01. The van der Waals surface area contributed by atoms with Crippen LogP contribution in [-0.4, -0.2) is 37.4 Å². The zero-order chi connectivity index (χ0) is 21.0. The van der Waals surface area contributed by atoms with Gasteiger partial charge < -0.3 is 19.3 Å². The summed E-state index contributed by atoms with van der Waals surface area (Å²) < 4.78 is 28.4. The number of methoxy groups -OCH3 is 3. The van der Waals surface area contributed by atoms with Crippen LogP contribution in [0.1, 0.15) is 5.56 Å². The zero-order valence-corrected chi connectivity index (χ0v) is 16.7. The van der Waals surface area contributed by atoms with Gasteiger partial charge in [-0.15, -0.1) is 0 Å². The Kier molecular flexibility index (Phi) is 6.23. The Morgan fingerprint density at radius 3 is 2.24 bits per heavy atom. The molecule has 0 aliphatic carbocycles. The summed E-state index contributed by atoms with van der Waals surface area (Å²) in [4.78, 5) is 17.0. The maximum absolute atomic E-state index is 13.1. The lowest BCUT2D eigenvalue weighted by Crippen LogP contribution is -2.10. The first-order valence-corrected chi connectivity index (χ1v) is 9.26. The van der Waals surface area contributed by atoms with Crippen LogP contribution in [0.4, 0.5) is 10.1 Å². The summed E-state index contributed by atoms with van der Waals surface area (Å²) in [7, 11) is 4.30. The van der Waals surface area contributed by atoms with Crippen LogP contribution in [0.3, 0.4) is 0 Å². The molecule has 3 rings (SSSR count). The highest BCUT2D eigenvalue weighted by atomic mass is 32.2. The van der Waals surface area contributed by atoms with Crippen LogP contribution in [-0.2, 0) is 9.53 Å². The van der Waals surface area contributed by atoms with Crippen molar-refractivity contribution in [1.29, 1.82) is 0 Å². The predicted octanol–water partition coefficient (Wildman–Crippen LogP) is 4.65. The number of nitrogens with zero attached hydrogens (tertiary/aromatic N) is 1. The van der Waals surface area contributed by atoms with E-state index in [0.29, 0.717) is 27.7 Å². The number of esters is 1. The molecule has 0 unspecified atom stereocenters. The van der Waals surface area contributed by atoms with Crippen molar-refractivity contribution < 1.29 is 28.5 Å². The van der Waals surface area contributed by atoms with E-state index in [1.807, 2.05) is 0 Å². The largest absolute Gasteiger partial charge is 0.506 e. The van der Waals surface area contributed by atoms with Gasteiger partial charge >= 0.3 is 5.97 Å². The minimum atomic E-state index is -0.720. The molecule has 0 amide bonds. The van der Waals surface area contributed by atoms with Crippen molar-refractivity contribution in [2.75, 3.05) is 21.3 Å². The summed E-state index contributed by atoms with van der Waals surface area (Å²) in [5.41, 5.74) is 1.08. The van der Waals surface area contributed by atoms with E-state index in [-0.39, 0.29) is 16.4 Å². The standard InChI is InChI=1S/C21H18FNO5S/c1-26-15-8-12(9-16(11-15)27-2)10-17-19(24)18(21(25)28-3)20(29-17)23-14-6-4-13(22)5-7-14/h4-11,24H,1-3H3/b17-10+,23-20?. The number of hydrogen-bond acceptors (Lipinski definition) is 7. The normalized spacial score (nSPS) is 16.4. The summed E-state index contributed by atoms with van der Waals surface area (Å²) in [6.45, 7) is 0. The molecule has 2 aromatic carbocycles. The molecule has 1 N–H and O–H groups in total. The number of ether oxygens (including phenoxy) is 3. The summed E-state index contributed by atoms with van der Waals surface area (Å²) in [6, 6.07) is 10.7. The average Bonchev–Trinajstić information content (AvgIpc) is 3.03. The predicted molar refractivity (Wildman–Crippen MR) is 110 cm³/mol. The van der Waals surface area contributed by atoms with Gasteiger partial charge in [-0.3, -0.25) is 0 Å². The van der Waals surface area contributed by atoms with Crippen molar-refractivity contribution >= 4 is 34.5 Å². The van der Waals surface area contributed by atoms with Crippen LogP contribution < -0.4 is 9.47 Å². The molecule has 0 aromatic heterocycles. The Hall–Kier alpha value is -3.26. The molecule has 0 fully saturated rings. The van der Waals surface area contributed by atoms with Gasteiger partial charge in [0.1, 0.15) is 33.7 Å². The lowest BCUT2D eigenvalue weighted by atomic mass is 10.1. The molecule has 29 heavy (non-hydrogen) atoms. The monoisotopic (exact) mass is 415 g/mol. The molecule has 0 saturated heterocycles. The maximum atomic E-state index is 13.1. The fourth-order valence-corrected chi connectivity index (χ4v) is 3.62. The molecule has 0 radical (unpaired) electrons. The van der Waals surface area contributed by atoms with Crippen molar-refractivity contribution in [1.82, 2.24) is 0 Å². The number of aliphatic imine (C=N–C) groups is 1. The quantitative estimate of drug-likeness (QED) is 0.717. The fraction of sp³-hybridized carbons (Fsp3) is 0.143. The molecule has 1 aliphatic rings. The van der Waals surface area contributed by atoms with Crippen molar-refractivity contribution in [2.45, 2.75) is 0 Å². The Morgan fingerprint density at radius 1 is 1.07 bits per heavy atom. The van der Waals surface area contributed by atoms with Gasteiger partial charge in [0.2, 0.25) is 0 Å². The minimum Gasteiger partial charge on any atom is -0.506 e. The number of hydrogen-bond donors (Lipinski definition) is 1. The second-order valence-corrected chi connectivity index (χ2v) is 6.90. The third-order valence-corrected chi connectivity index (χ3v) is 5.03. The number of thioether (sulfide) groups is 1.